The molecule has 2 rings (SSSR count). The van der Waals surface area contributed by atoms with E-state index >= 15 is 0 Å². The van der Waals surface area contributed by atoms with Gasteiger partial charge in [0.15, 0.2) is 5.96 Å². The second-order valence-electron chi connectivity index (χ2n) is 5.79. The van der Waals surface area contributed by atoms with Crippen LogP contribution in [0.2, 0.25) is 0 Å². The molecule has 1 aliphatic heterocycles. The molecular formula is C16H31IN6. The Bertz CT molecular complexity index is 434. The summed E-state index contributed by atoms with van der Waals surface area (Å²) in [5, 5.41) is 10.9. The Hall–Kier alpha value is -0.830. The Morgan fingerprint density at radius 1 is 1.26 bits per heavy atom. The molecule has 1 aromatic rings. The highest BCUT2D eigenvalue weighted by atomic mass is 127. The first-order valence-corrected chi connectivity index (χ1v) is 8.49. The van der Waals surface area contributed by atoms with Crippen LogP contribution in [0.3, 0.4) is 0 Å². The molecule has 1 saturated heterocycles. The van der Waals surface area contributed by atoms with Crippen LogP contribution >= 0.6 is 24.0 Å². The van der Waals surface area contributed by atoms with Crippen molar-refractivity contribution in [3.63, 3.8) is 0 Å². The number of likely N-dealkylation sites (tertiary alicyclic amines) is 1. The fraction of sp³-hybridized carbons (Fsp3) is 0.750. The number of guanidine groups is 1. The first kappa shape index (κ1) is 20.2. The maximum atomic E-state index is 4.27. The van der Waals surface area contributed by atoms with Crippen LogP contribution in [0.1, 0.15) is 32.6 Å². The lowest BCUT2D eigenvalue weighted by Crippen LogP contribution is -2.46. The van der Waals surface area contributed by atoms with Gasteiger partial charge in [0.2, 0.25) is 0 Å². The predicted octanol–water partition coefficient (Wildman–Crippen LogP) is 1.93. The zero-order chi connectivity index (χ0) is 15.6. The molecule has 7 heteroatoms. The number of piperidine rings is 1. The fourth-order valence-corrected chi connectivity index (χ4v) is 3.08. The van der Waals surface area contributed by atoms with Gasteiger partial charge in [0.25, 0.3) is 0 Å². The van der Waals surface area contributed by atoms with Gasteiger partial charge in [-0.2, -0.15) is 5.10 Å². The van der Waals surface area contributed by atoms with Gasteiger partial charge in [0.1, 0.15) is 0 Å². The Labute approximate surface area is 157 Å². The van der Waals surface area contributed by atoms with Crippen molar-refractivity contribution in [1.82, 2.24) is 25.3 Å². The first-order chi connectivity index (χ1) is 10.8. The molecule has 2 N–H and O–H groups in total. The highest BCUT2D eigenvalue weighted by molar-refractivity contribution is 14.0. The number of nitrogens with one attached hydrogen (secondary N) is 2. The van der Waals surface area contributed by atoms with Crippen LogP contribution in [0, 0.1) is 0 Å². The van der Waals surface area contributed by atoms with Crippen molar-refractivity contribution in [2.45, 2.75) is 45.2 Å². The summed E-state index contributed by atoms with van der Waals surface area (Å²) in [6.07, 6.45) is 9.12. The predicted molar refractivity (Wildman–Crippen MR) is 107 cm³/mol. The lowest BCUT2D eigenvalue weighted by Gasteiger charge is -2.35. The zero-order valence-corrected chi connectivity index (χ0v) is 16.7. The van der Waals surface area contributed by atoms with Gasteiger partial charge in [-0.1, -0.05) is 13.3 Å². The number of rotatable bonds is 7. The topological polar surface area (TPSA) is 57.5 Å². The number of aromatic nitrogens is 2. The van der Waals surface area contributed by atoms with Crippen LogP contribution in [0.5, 0.6) is 0 Å². The maximum Gasteiger partial charge on any atom is 0.191 e. The minimum absolute atomic E-state index is 0. The van der Waals surface area contributed by atoms with Crippen LogP contribution in [0.15, 0.2) is 23.5 Å². The largest absolute Gasteiger partial charge is 0.355 e. The third-order valence-corrected chi connectivity index (χ3v) is 4.33. The van der Waals surface area contributed by atoms with Crippen LogP contribution < -0.4 is 10.6 Å². The third-order valence-electron chi connectivity index (χ3n) is 4.33. The molecule has 132 valence electrons. The van der Waals surface area contributed by atoms with Gasteiger partial charge in [0, 0.05) is 45.1 Å². The summed E-state index contributed by atoms with van der Waals surface area (Å²) in [5.41, 5.74) is 0. The van der Waals surface area contributed by atoms with Crippen LogP contribution in [0.4, 0.5) is 0 Å². The molecule has 6 nitrogen and oxygen atoms in total. The van der Waals surface area contributed by atoms with E-state index in [4.69, 9.17) is 0 Å². The molecule has 1 unspecified atom stereocenters. The lowest BCUT2D eigenvalue weighted by molar-refractivity contribution is 0.147. The molecule has 1 fully saturated rings. The number of aliphatic imine (C=N–C) groups is 1. The van der Waals surface area contributed by atoms with Gasteiger partial charge in [-0.15, -0.1) is 24.0 Å². The van der Waals surface area contributed by atoms with Gasteiger partial charge in [0.05, 0.1) is 6.54 Å². The van der Waals surface area contributed by atoms with Crippen LogP contribution in [0.25, 0.3) is 0 Å². The molecule has 0 bridgehead atoms. The highest BCUT2D eigenvalue weighted by Crippen LogP contribution is 2.18. The van der Waals surface area contributed by atoms with Crippen molar-refractivity contribution in [3.05, 3.63) is 18.5 Å². The Balaban J connectivity index is 0.00000264. The molecule has 0 aliphatic carbocycles. The van der Waals surface area contributed by atoms with Crippen LogP contribution in [-0.2, 0) is 6.54 Å². The van der Waals surface area contributed by atoms with Crippen molar-refractivity contribution < 1.29 is 0 Å². The van der Waals surface area contributed by atoms with Gasteiger partial charge >= 0.3 is 0 Å². The average Bonchev–Trinajstić information content (AvgIpc) is 3.07. The second kappa shape index (κ2) is 11.7. The summed E-state index contributed by atoms with van der Waals surface area (Å²) in [5.74, 6) is 0.872. The number of nitrogens with zero attached hydrogens (tertiary/aromatic N) is 4. The average molecular weight is 434 g/mol. The molecule has 2 heterocycles. The molecule has 0 amide bonds. The summed E-state index contributed by atoms with van der Waals surface area (Å²) in [7, 11) is 1.82. The van der Waals surface area contributed by atoms with Crippen LogP contribution in [-0.4, -0.2) is 59.9 Å². The number of hydrogen-bond acceptors (Lipinski definition) is 3. The molecule has 0 spiro atoms. The molecule has 0 saturated carbocycles. The smallest absolute Gasteiger partial charge is 0.191 e. The zero-order valence-electron chi connectivity index (χ0n) is 14.4. The van der Waals surface area contributed by atoms with Gasteiger partial charge < -0.3 is 10.6 Å². The molecule has 23 heavy (non-hydrogen) atoms. The minimum Gasteiger partial charge on any atom is -0.355 e. The minimum atomic E-state index is 0. The molecule has 1 aliphatic rings. The van der Waals surface area contributed by atoms with Gasteiger partial charge in [-0.05, 0) is 31.9 Å². The molecule has 1 aromatic heterocycles. The van der Waals surface area contributed by atoms with Crippen molar-refractivity contribution in [2.75, 3.05) is 33.2 Å². The first-order valence-electron chi connectivity index (χ1n) is 8.49. The maximum absolute atomic E-state index is 4.27. The van der Waals surface area contributed by atoms with Crippen molar-refractivity contribution in [2.24, 2.45) is 4.99 Å². The quantitative estimate of drug-likeness (QED) is 0.391. The summed E-state index contributed by atoms with van der Waals surface area (Å²) in [6.45, 7) is 7.24. The standard InChI is InChI=1S/C16H30N6.HI/c1-3-15-7-4-5-11-21(15)13-9-18-16(17-2)19-10-14-22-12-6-8-20-22;/h6,8,12,15H,3-5,7,9-11,13-14H2,1-2H3,(H2,17,18,19);1H. The molecular weight excluding hydrogens is 403 g/mol. The summed E-state index contributed by atoms with van der Waals surface area (Å²) < 4.78 is 1.92. The van der Waals surface area contributed by atoms with E-state index < -0.39 is 0 Å². The molecule has 0 aromatic carbocycles. The Morgan fingerprint density at radius 3 is 2.70 bits per heavy atom. The van der Waals surface area contributed by atoms with E-state index in [0.29, 0.717) is 0 Å². The normalized spacial score (nSPS) is 19.2. The molecule has 1 atom stereocenters. The highest BCUT2D eigenvalue weighted by Gasteiger charge is 2.19. The van der Waals surface area contributed by atoms with Gasteiger partial charge in [-0.3, -0.25) is 14.6 Å². The SMILES string of the molecule is CCC1CCCCN1CCNC(=NC)NCCn1cccn1.I. The van der Waals surface area contributed by atoms with E-state index in [2.05, 4.69) is 32.5 Å². The lowest BCUT2D eigenvalue weighted by atomic mass is 10.0. The Morgan fingerprint density at radius 2 is 2.04 bits per heavy atom. The van der Waals surface area contributed by atoms with E-state index in [1.807, 2.05) is 24.0 Å². The number of halogens is 1. The number of hydrogen-bond donors (Lipinski definition) is 2. The van der Waals surface area contributed by atoms with E-state index in [1.54, 1.807) is 6.20 Å². The summed E-state index contributed by atoms with van der Waals surface area (Å²) >= 11 is 0. The summed E-state index contributed by atoms with van der Waals surface area (Å²) in [4.78, 5) is 6.89. The van der Waals surface area contributed by atoms with Crippen molar-refractivity contribution in [3.8, 4) is 0 Å². The third kappa shape index (κ3) is 7.07. The van der Waals surface area contributed by atoms with E-state index in [-0.39, 0.29) is 24.0 Å². The van der Waals surface area contributed by atoms with Crippen molar-refractivity contribution >= 4 is 29.9 Å². The summed E-state index contributed by atoms with van der Waals surface area (Å²) in [6, 6.07) is 2.71. The fourth-order valence-electron chi connectivity index (χ4n) is 3.08. The molecule has 0 radical (unpaired) electrons. The van der Waals surface area contributed by atoms with Crippen molar-refractivity contribution in [1.29, 1.82) is 0 Å². The monoisotopic (exact) mass is 434 g/mol. The van der Waals surface area contributed by atoms with Gasteiger partial charge in [-0.25, -0.2) is 0 Å². The Kier molecular flexibility index (Phi) is 10.3. The van der Waals surface area contributed by atoms with E-state index in [1.165, 1.54) is 32.2 Å². The van der Waals surface area contributed by atoms with E-state index in [0.717, 1.165) is 38.2 Å². The second-order valence-corrected chi connectivity index (χ2v) is 5.79. The van der Waals surface area contributed by atoms with E-state index in [9.17, 15) is 0 Å².